The highest BCUT2D eigenvalue weighted by atomic mass is 32.2. The lowest BCUT2D eigenvalue weighted by Gasteiger charge is -2.55. The molecule has 4 aliphatic carbocycles. The minimum Gasteiger partial charge on any atom is -0.430 e. The fraction of sp³-hybridized carbons (Fsp3) is 0.938. The maximum Gasteiger partial charge on any atom is 0.446 e. The van der Waals surface area contributed by atoms with Gasteiger partial charge >= 0.3 is 27.2 Å². The lowest BCUT2D eigenvalue weighted by Crippen LogP contribution is -2.58. The molecule has 5 nitrogen and oxygen atoms in total. The molecule has 4 bridgehead atoms. The van der Waals surface area contributed by atoms with Crippen LogP contribution in [0.1, 0.15) is 58.3 Å². The molecule has 0 amide bonds. The number of alkyl halides is 3. The molecule has 9 heteroatoms. The first kappa shape index (κ1) is 18.9. The smallest absolute Gasteiger partial charge is 0.430 e. The van der Waals surface area contributed by atoms with Gasteiger partial charge in [-0.15, -0.1) is 0 Å². The average Bonchev–Trinajstić information content (AvgIpc) is 2.42. The molecular formula is C16H23F3O5S. The van der Waals surface area contributed by atoms with Crippen molar-refractivity contribution in [2.75, 3.05) is 0 Å². The highest BCUT2D eigenvalue weighted by Gasteiger charge is 2.68. The Morgan fingerprint density at radius 1 is 1.12 bits per heavy atom. The van der Waals surface area contributed by atoms with Gasteiger partial charge in [-0.05, 0) is 56.3 Å². The van der Waals surface area contributed by atoms with Gasteiger partial charge in [-0.3, -0.25) is 9.35 Å². The van der Waals surface area contributed by atoms with Crippen LogP contribution in [-0.4, -0.2) is 30.0 Å². The van der Waals surface area contributed by atoms with Crippen molar-refractivity contribution in [2.45, 2.75) is 69.4 Å². The number of hydrogen-bond acceptors (Lipinski definition) is 4. The Bertz CT molecular complexity index is 622. The second-order valence-electron chi connectivity index (χ2n) is 8.06. The third kappa shape index (κ3) is 2.97. The molecule has 4 fully saturated rings. The summed E-state index contributed by atoms with van der Waals surface area (Å²) in [4.78, 5) is 8.90. The molecule has 4 rings (SSSR count). The molecule has 25 heavy (non-hydrogen) atoms. The Morgan fingerprint density at radius 2 is 1.56 bits per heavy atom. The minimum atomic E-state index is -5.68. The number of carbonyl (C=O) groups excluding carboxylic acids is 1. The fourth-order valence-electron chi connectivity index (χ4n) is 5.53. The van der Waals surface area contributed by atoms with Crippen LogP contribution in [0.4, 0.5) is 13.2 Å². The molecule has 1 unspecified atom stereocenters. The fourth-order valence-corrected chi connectivity index (χ4v) is 6.46. The number of esters is 1. The van der Waals surface area contributed by atoms with E-state index in [-0.39, 0.29) is 24.2 Å². The van der Waals surface area contributed by atoms with Crippen molar-refractivity contribution in [1.82, 2.24) is 0 Å². The monoisotopic (exact) mass is 384 g/mol. The summed E-state index contributed by atoms with van der Waals surface area (Å²) < 4.78 is 77.9. The summed E-state index contributed by atoms with van der Waals surface area (Å²) in [6.45, 7) is 1.34. The molecule has 0 aromatic rings. The first-order valence-electron chi connectivity index (χ1n) is 8.69. The largest absolute Gasteiger partial charge is 0.446 e. The van der Waals surface area contributed by atoms with E-state index in [1.165, 1.54) is 6.92 Å². The maximum absolute atomic E-state index is 13.6. The van der Waals surface area contributed by atoms with Crippen LogP contribution in [0.5, 0.6) is 0 Å². The molecule has 0 saturated heterocycles. The topological polar surface area (TPSA) is 80.7 Å². The average molecular weight is 384 g/mol. The summed E-state index contributed by atoms with van der Waals surface area (Å²) in [7, 11) is -5.68. The van der Waals surface area contributed by atoms with Crippen LogP contribution in [0, 0.1) is 23.2 Å². The summed E-state index contributed by atoms with van der Waals surface area (Å²) in [6.07, 6.45) is -2.37. The lowest BCUT2D eigenvalue weighted by molar-refractivity contribution is -0.250. The van der Waals surface area contributed by atoms with Crippen molar-refractivity contribution in [3.05, 3.63) is 0 Å². The van der Waals surface area contributed by atoms with E-state index < -0.39 is 39.0 Å². The molecule has 0 radical (unpaired) electrons. The second-order valence-corrected chi connectivity index (χ2v) is 9.67. The molecule has 4 saturated carbocycles. The number of hydrogen-bond donors (Lipinski definition) is 1. The van der Waals surface area contributed by atoms with Crippen molar-refractivity contribution in [3.63, 3.8) is 0 Å². The summed E-state index contributed by atoms with van der Waals surface area (Å²) in [5.41, 5.74) is -1.04. The van der Waals surface area contributed by atoms with Crippen LogP contribution in [0.3, 0.4) is 0 Å². The van der Waals surface area contributed by atoms with E-state index in [2.05, 4.69) is 0 Å². The van der Waals surface area contributed by atoms with E-state index in [1.807, 2.05) is 0 Å². The third-order valence-electron chi connectivity index (χ3n) is 6.16. The Labute approximate surface area is 145 Å². The summed E-state index contributed by atoms with van der Waals surface area (Å²) in [5.74, 6) is -0.252. The standard InChI is InChI=1S/C16H23F3O5S/c1-2-3-15(16(17,18)19,25(21,22)23)24-13(20)14-7-10-4-11(8-14)6-12(5-10)9-14/h10-12H,2-9H2,1H3,(H,21,22,23). The minimum absolute atomic E-state index is 0.215. The Hall–Kier alpha value is -0.830. The molecular weight excluding hydrogens is 361 g/mol. The van der Waals surface area contributed by atoms with Crippen molar-refractivity contribution < 1.29 is 35.7 Å². The zero-order valence-electron chi connectivity index (χ0n) is 14.0. The van der Waals surface area contributed by atoms with Crippen LogP contribution >= 0.6 is 0 Å². The van der Waals surface area contributed by atoms with E-state index in [9.17, 15) is 30.9 Å². The van der Waals surface area contributed by atoms with Crippen LogP contribution < -0.4 is 0 Å². The first-order chi connectivity index (χ1) is 11.4. The van der Waals surface area contributed by atoms with Gasteiger partial charge in [0.15, 0.2) is 0 Å². The van der Waals surface area contributed by atoms with Gasteiger partial charge in [0.2, 0.25) is 0 Å². The first-order valence-corrected chi connectivity index (χ1v) is 10.1. The van der Waals surface area contributed by atoms with Crippen LogP contribution in [-0.2, 0) is 19.6 Å². The van der Waals surface area contributed by atoms with E-state index in [0.717, 1.165) is 19.3 Å². The maximum atomic E-state index is 13.6. The summed E-state index contributed by atoms with van der Waals surface area (Å²) in [5, 5.41) is 0. The van der Waals surface area contributed by atoms with Gasteiger partial charge in [-0.2, -0.15) is 21.6 Å². The van der Waals surface area contributed by atoms with Gasteiger partial charge in [0.05, 0.1) is 5.41 Å². The predicted octanol–water partition coefficient (Wildman–Crippen LogP) is 3.69. The van der Waals surface area contributed by atoms with Gasteiger partial charge in [-0.25, -0.2) is 0 Å². The number of rotatable bonds is 5. The predicted molar refractivity (Wildman–Crippen MR) is 81.9 cm³/mol. The van der Waals surface area contributed by atoms with Crippen molar-refractivity contribution in [3.8, 4) is 0 Å². The van der Waals surface area contributed by atoms with Crippen molar-refractivity contribution in [1.29, 1.82) is 0 Å². The summed E-state index contributed by atoms with van der Waals surface area (Å²) >= 11 is 0. The quantitative estimate of drug-likeness (QED) is 0.578. The van der Waals surface area contributed by atoms with E-state index in [0.29, 0.717) is 19.3 Å². The number of carbonyl (C=O) groups is 1. The molecule has 144 valence electrons. The summed E-state index contributed by atoms with van der Waals surface area (Å²) in [6, 6.07) is 0. The Morgan fingerprint density at radius 3 is 1.88 bits per heavy atom. The van der Waals surface area contributed by atoms with Crippen molar-refractivity contribution >= 4 is 16.1 Å². The van der Waals surface area contributed by atoms with Crippen LogP contribution in [0.25, 0.3) is 0 Å². The SMILES string of the molecule is CCCC(OC(=O)C12CC3CC(CC(C3)C1)C2)(C(F)(F)F)S(=O)(=O)O. The molecule has 1 N–H and O–H groups in total. The van der Waals surface area contributed by atoms with E-state index in [1.54, 1.807) is 0 Å². The number of halogens is 3. The Balaban J connectivity index is 1.93. The van der Waals surface area contributed by atoms with Crippen molar-refractivity contribution in [2.24, 2.45) is 23.2 Å². The third-order valence-corrected chi connectivity index (χ3v) is 7.51. The normalized spacial score (nSPS) is 36.9. The molecule has 4 aliphatic rings. The molecule has 1 atom stereocenters. The highest BCUT2D eigenvalue weighted by Crippen LogP contribution is 2.61. The van der Waals surface area contributed by atoms with Crippen LogP contribution in [0.15, 0.2) is 0 Å². The van der Waals surface area contributed by atoms with E-state index in [4.69, 9.17) is 4.74 Å². The highest BCUT2D eigenvalue weighted by molar-refractivity contribution is 7.87. The molecule has 0 aromatic carbocycles. The molecule has 0 heterocycles. The lowest BCUT2D eigenvalue weighted by atomic mass is 9.49. The molecule has 0 aromatic heterocycles. The zero-order chi connectivity index (χ0) is 18.7. The second kappa shape index (κ2) is 5.84. The zero-order valence-corrected chi connectivity index (χ0v) is 14.8. The van der Waals surface area contributed by atoms with Crippen LogP contribution in [0.2, 0.25) is 0 Å². The van der Waals surface area contributed by atoms with Gasteiger partial charge < -0.3 is 4.74 Å². The van der Waals surface area contributed by atoms with Gasteiger partial charge in [-0.1, -0.05) is 13.3 Å². The van der Waals surface area contributed by atoms with Gasteiger partial charge in [0.25, 0.3) is 0 Å². The van der Waals surface area contributed by atoms with E-state index >= 15 is 0 Å². The molecule has 0 aliphatic heterocycles. The molecule has 0 spiro atoms. The van der Waals surface area contributed by atoms with Gasteiger partial charge in [0, 0.05) is 6.42 Å². The Kier molecular flexibility index (Phi) is 4.42. The number of ether oxygens (including phenoxy) is 1. The van der Waals surface area contributed by atoms with Gasteiger partial charge in [0.1, 0.15) is 0 Å².